The lowest BCUT2D eigenvalue weighted by Gasteiger charge is -2.21. The van der Waals surface area contributed by atoms with E-state index in [4.69, 9.17) is 4.74 Å². The molecule has 23 heavy (non-hydrogen) atoms. The molecule has 0 fully saturated rings. The van der Waals surface area contributed by atoms with E-state index in [2.05, 4.69) is 26.1 Å². The van der Waals surface area contributed by atoms with Crippen LogP contribution in [-0.2, 0) is 10.2 Å². The lowest BCUT2D eigenvalue weighted by Crippen LogP contribution is -2.11. The zero-order valence-electron chi connectivity index (χ0n) is 14.2. The van der Waals surface area contributed by atoms with Gasteiger partial charge in [0.25, 0.3) is 0 Å². The summed E-state index contributed by atoms with van der Waals surface area (Å²) in [6.45, 7) is 8.28. The highest BCUT2D eigenvalue weighted by Gasteiger charge is 2.16. The molecule has 2 aromatic rings. The number of hydrogen-bond acceptors (Lipinski definition) is 4. The number of esters is 1. The number of aromatic hydroxyl groups is 1. The summed E-state index contributed by atoms with van der Waals surface area (Å²) in [5.74, 6) is -0.174. The van der Waals surface area contributed by atoms with Crippen molar-refractivity contribution < 1.29 is 14.6 Å². The first-order valence-corrected chi connectivity index (χ1v) is 7.52. The molecule has 0 saturated heterocycles. The van der Waals surface area contributed by atoms with Crippen LogP contribution in [0, 0.1) is 6.92 Å². The molecule has 0 bridgehead atoms. The van der Waals surface area contributed by atoms with E-state index in [1.54, 1.807) is 18.2 Å². The Labute approximate surface area is 137 Å². The number of carbonyl (C=O) groups excluding carboxylic acids is 1. The normalized spacial score (nSPS) is 11.2. The van der Waals surface area contributed by atoms with Gasteiger partial charge in [0.1, 0.15) is 5.75 Å². The lowest BCUT2D eigenvalue weighted by atomic mass is 9.87. The fourth-order valence-corrected chi connectivity index (χ4v) is 2.30. The third-order valence-electron chi connectivity index (χ3n) is 3.78. The summed E-state index contributed by atoms with van der Waals surface area (Å²) in [5.41, 5.74) is 4.00. The van der Waals surface area contributed by atoms with Crippen LogP contribution in [0.15, 0.2) is 36.4 Å². The molecular weight excluding hydrogens is 290 g/mol. The van der Waals surface area contributed by atoms with Crippen molar-refractivity contribution in [2.75, 3.05) is 12.4 Å². The van der Waals surface area contributed by atoms with Crippen molar-refractivity contribution in [1.29, 1.82) is 0 Å². The Bertz CT molecular complexity index is 730. The molecule has 122 valence electrons. The molecule has 0 unspecified atom stereocenters. The van der Waals surface area contributed by atoms with Crippen molar-refractivity contribution >= 4 is 17.3 Å². The molecule has 0 atom stereocenters. The third kappa shape index (κ3) is 3.83. The quantitative estimate of drug-likeness (QED) is 0.646. The van der Waals surface area contributed by atoms with Crippen LogP contribution in [0.4, 0.5) is 11.4 Å². The van der Waals surface area contributed by atoms with Gasteiger partial charge in [-0.05, 0) is 53.8 Å². The smallest absolute Gasteiger partial charge is 0.337 e. The first-order valence-electron chi connectivity index (χ1n) is 7.52. The van der Waals surface area contributed by atoms with Crippen LogP contribution < -0.4 is 5.32 Å². The number of aryl methyl sites for hydroxylation is 1. The van der Waals surface area contributed by atoms with Crippen LogP contribution in [0.25, 0.3) is 0 Å². The Kier molecular flexibility index (Phi) is 4.64. The summed E-state index contributed by atoms with van der Waals surface area (Å²) in [5, 5.41) is 13.3. The maximum Gasteiger partial charge on any atom is 0.337 e. The molecule has 0 aliphatic carbocycles. The van der Waals surface area contributed by atoms with Crippen molar-refractivity contribution in [3.05, 3.63) is 53.1 Å². The Balaban J connectivity index is 2.34. The zero-order valence-corrected chi connectivity index (χ0v) is 14.2. The highest BCUT2D eigenvalue weighted by atomic mass is 16.5. The average molecular weight is 313 g/mol. The topological polar surface area (TPSA) is 58.6 Å². The molecule has 0 saturated carbocycles. The molecule has 0 aliphatic rings. The van der Waals surface area contributed by atoms with E-state index in [0.717, 1.165) is 16.8 Å². The van der Waals surface area contributed by atoms with E-state index in [1.807, 2.05) is 25.1 Å². The predicted octanol–water partition coefficient (Wildman–Crippen LogP) is 4.53. The molecule has 0 heterocycles. The van der Waals surface area contributed by atoms with Crippen LogP contribution in [0.1, 0.15) is 42.3 Å². The van der Waals surface area contributed by atoms with Gasteiger partial charge in [0, 0.05) is 5.69 Å². The average Bonchev–Trinajstić information content (AvgIpc) is 2.49. The molecule has 0 amide bonds. The van der Waals surface area contributed by atoms with E-state index >= 15 is 0 Å². The minimum absolute atomic E-state index is 0.00604. The summed E-state index contributed by atoms with van der Waals surface area (Å²) in [6.07, 6.45) is 0. The summed E-state index contributed by atoms with van der Waals surface area (Å²) in [7, 11) is 1.36. The van der Waals surface area contributed by atoms with Gasteiger partial charge in [-0.1, -0.05) is 26.8 Å². The Hall–Kier alpha value is -2.49. The van der Waals surface area contributed by atoms with E-state index < -0.39 is 0 Å². The van der Waals surface area contributed by atoms with E-state index in [0.29, 0.717) is 11.3 Å². The fraction of sp³-hybridized carbons (Fsp3) is 0.316. The van der Waals surface area contributed by atoms with Gasteiger partial charge in [0.2, 0.25) is 0 Å². The summed E-state index contributed by atoms with van der Waals surface area (Å²) in [4.78, 5) is 11.6. The summed E-state index contributed by atoms with van der Waals surface area (Å²) < 4.78 is 4.72. The SMILES string of the molecule is COC(=O)c1ccc(Nc2cc(C(C)(C)C)ccc2O)c(C)c1. The van der Waals surface area contributed by atoms with Gasteiger partial charge >= 0.3 is 5.97 Å². The first kappa shape index (κ1) is 16.9. The Morgan fingerprint density at radius 2 is 1.78 bits per heavy atom. The molecule has 2 rings (SSSR count). The second kappa shape index (κ2) is 6.32. The minimum Gasteiger partial charge on any atom is -0.506 e. The number of anilines is 2. The van der Waals surface area contributed by atoms with Crippen LogP contribution in [-0.4, -0.2) is 18.2 Å². The number of phenols is 1. The number of nitrogens with one attached hydrogen (secondary N) is 1. The number of methoxy groups -OCH3 is 1. The van der Waals surface area contributed by atoms with Crippen molar-refractivity contribution in [2.24, 2.45) is 0 Å². The number of rotatable bonds is 3. The number of hydrogen-bond donors (Lipinski definition) is 2. The predicted molar refractivity (Wildman–Crippen MR) is 92.6 cm³/mol. The van der Waals surface area contributed by atoms with Crippen LogP contribution in [0.2, 0.25) is 0 Å². The maximum absolute atomic E-state index is 11.6. The van der Waals surface area contributed by atoms with Crippen LogP contribution in [0.3, 0.4) is 0 Å². The van der Waals surface area contributed by atoms with Gasteiger partial charge in [-0.2, -0.15) is 0 Å². The maximum atomic E-state index is 11.6. The molecule has 2 N–H and O–H groups in total. The Morgan fingerprint density at radius 3 is 2.35 bits per heavy atom. The zero-order chi connectivity index (χ0) is 17.2. The number of ether oxygens (including phenoxy) is 1. The standard InChI is InChI=1S/C19H23NO3/c1-12-10-13(18(22)23-5)6-8-15(12)20-16-11-14(19(2,3)4)7-9-17(16)21/h6-11,20-21H,1-5H3. The first-order chi connectivity index (χ1) is 10.7. The number of carbonyl (C=O) groups is 1. The molecule has 0 spiro atoms. The second-order valence-corrected chi connectivity index (χ2v) is 6.63. The largest absolute Gasteiger partial charge is 0.506 e. The van der Waals surface area contributed by atoms with Crippen molar-refractivity contribution in [3.63, 3.8) is 0 Å². The Morgan fingerprint density at radius 1 is 1.09 bits per heavy atom. The summed E-state index contributed by atoms with van der Waals surface area (Å²) >= 11 is 0. The van der Waals surface area contributed by atoms with Crippen LogP contribution in [0.5, 0.6) is 5.75 Å². The second-order valence-electron chi connectivity index (χ2n) is 6.63. The van der Waals surface area contributed by atoms with Gasteiger partial charge < -0.3 is 15.2 Å². The third-order valence-corrected chi connectivity index (χ3v) is 3.78. The highest BCUT2D eigenvalue weighted by molar-refractivity contribution is 5.90. The molecule has 0 radical (unpaired) electrons. The van der Waals surface area contributed by atoms with Crippen LogP contribution >= 0.6 is 0 Å². The van der Waals surface area contributed by atoms with Gasteiger partial charge in [0.15, 0.2) is 0 Å². The number of phenolic OH excluding ortho intramolecular Hbond substituents is 1. The van der Waals surface area contributed by atoms with Crippen molar-refractivity contribution in [2.45, 2.75) is 33.1 Å². The minimum atomic E-state index is -0.364. The lowest BCUT2D eigenvalue weighted by molar-refractivity contribution is 0.0600. The van der Waals surface area contributed by atoms with Gasteiger partial charge in [0.05, 0.1) is 18.4 Å². The molecule has 4 nitrogen and oxygen atoms in total. The van der Waals surface area contributed by atoms with Crippen molar-refractivity contribution in [3.8, 4) is 5.75 Å². The summed E-state index contributed by atoms with van der Waals surface area (Å²) in [6, 6.07) is 10.8. The van der Waals surface area contributed by atoms with Gasteiger partial charge in [-0.3, -0.25) is 0 Å². The van der Waals surface area contributed by atoms with E-state index in [9.17, 15) is 9.90 Å². The molecular formula is C19H23NO3. The number of benzene rings is 2. The molecule has 0 aromatic heterocycles. The van der Waals surface area contributed by atoms with E-state index in [1.165, 1.54) is 7.11 Å². The molecule has 0 aliphatic heterocycles. The molecule has 2 aromatic carbocycles. The fourth-order valence-electron chi connectivity index (χ4n) is 2.30. The van der Waals surface area contributed by atoms with Gasteiger partial charge in [-0.25, -0.2) is 4.79 Å². The highest BCUT2D eigenvalue weighted by Crippen LogP contribution is 2.33. The monoisotopic (exact) mass is 313 g/mol. The van der Waals surface area contributed by atoms with Gasteiger partial charge in [-0.15, -0.1) is 0 Å². The van der Waals surface area contributed by atoms with E-state index in [-0.39, 0.29) is 17.1 Å². The molecule has 4 heteroatoms. The van der Waals surface area contributed by atoms with Crippen molar-refractivity contribution in [1.82, 2.24) is 0 Å².